The Labute approximate surface area is 167 Å². The molecule has 2 fully saturated rings. The van der Waals surface area contributed by atoms with E-state index in [1.54, 1.807) is 7.11 Å². The molecular formula is C22H30N4O2. The summed E-state index contributed by atoms with van der Waals surface area (Å²) in [5.41, 5.74) is 2.36. The highest BCUT2D eigenvalue weighted by atomic mass is 16.5. The van der Waals surface area contributed by atoms with Crippen LogP contribution in [0, 0.1) is 0 Å². The highest BCUT2D eigenvalue weighted by Gasteiger charge is 2.45. The van der Waals surface area contributed by atoms with Crippen LogP contribution in [-0.2, 0) is 22.5 Å². The number of amides is 1. The number of carbonyl (C=O) groups excluding carboxylic acids is 1. The molecule has 2 aliphatic heterocycles. The van der Waals surface area contributed by atoms with Crippen molar-refractivity contribution in [1.82, 2.24) is 19.6 Å². The molecule has 28 heavy (non-hydrogen) atoms. The molecule has 1 amide bonds. The second-order valence-corrected chi connectivity index (χ2v) is 8.30. The lowest BCUT2D eigenvalue weighted by molar-refractivity contribution is -0.144. The van der Waals surface area contributed by atoms with E-state index < -0.39 is 0 Å². The molecule has 3 atom stereocenters. The molecule has 0 aliphatic carbocycles. The second kappa shape index (κ2) is 8.05. The Morgan fingerprint density at radius 2 is 1.96 bits per heavy atom. The Kier molecular flexibility index (Phi) is 5.51. The van der Waals surface area contributed by atoms with E-state index in [0.717, 1.165) is 31.5 Å². The fraction of sp³-hybridized carbons (Fsp3) is 0.545. The molecule has 6 nitrogen and oxygen atoms in total. The van der Waals surface area contributed by atoms with Crippen molar-refractivity contribution in [3.05, 3.63) is 53.9 Å². The summed E-state index contributed by atoms with van der Waals surface area (Å²) in [4.78, 5) is 17.8. The van der Waals surface area contributed by atoms with Crippen LogP contribution in [0.15, 0.2) is 42.7 Å². The van der Waals surface area contributed by atoms with E-state index in [2.05, 4.69) is 47.1 Å². The minimum Gasteiger partial charge on any atom is -0.380 e. The molecule has 150 valence electrons. The Balaban J connectivity index is 1.57. The van der Waals surface area contributed by atoms with Gasteiger partial charge in [-0.15, -0.1) is 0 Å². The number of ether oxygens (including phenoxy) is 1. The summed E-state index contributed by atoms with van der Waals surface area (Å²) >= 11 is 0. The van der Waals surface area contributed by atoms with E-state index in [4.69, 9.17) is 4.74 Å². The standard InChI is InChI=1S/C22H30N4O2/c1-16(2)26-13-18(11-23-26)12-24-14-19-10-20(28-3)15-25(19)22(27)21(24)9-17-7-5-4-6-8-17/h4-8,11,13,16,19-21H,9-10,12,14-15H2,1-3H3/t19-,20-,21-/m0/s1. The van der Waals surface area contributed by atoms with Gasteiger partial charge < -0.3 is 9.64 Å². The number of hydrogen-bond donors (Lipinski definition) is 0. The van der Waals surface area contributed by atoms with Gasteiger partial charge in [-0.25, -0.2) is 0 Å². The molecule has 0 radical (unpaired) electrons. The summed E-state index contributed by atoms with van der Waals surface area (Å²) in [6.07, 6.45) is 5.84. The summed E-state index contributed by atoms with van der Waals surface area (Å²) in [6, 6.07) is 10.8. The van der Waals surface area contributed by atoms with Crippen LogP contribution in [0.4, 0.5) is 0 Å². The van der Waals surface area contributed by atoms with Crippen LogP contribution in [0.5, 0.6) is 0 Å². The molecule has 3 heterocycles. The highest BCUT2D eigenvalue weighted by molar-refractivity contribution is 5.84. The van der Waals surface area contributed by atoms with Crippen molar-refractivity contribution in [2.24, 2.45) is 0 Å². The molecular weight excluding hydrogens is 352 g/mol. The van der Waals surface area contributed by atoms with E-state index in [9.17, 15) is 4.79 Å². The Morgan fingerprint density at radius 3 is 2.64 bits per heavy atom. The number of fused-ring (bicyclic) bond motifs is 1. The van der Waals surface area contributed by atoms with E-state index >= 15 is 0 Å². The van der Waals surface area contributed by atoms with Crippen LogP contribution < -0.4 is 0 Å². The molecule has 2 aliphatic rings. The number of hydrogen-bond acceptors (Lipinski definition) is 4. The van der Waals surface area contributed by atoms with Crippen molar-refractivity contribution in [3.63, 3.8) is 0 Å². The predicted molar refractivity (Wildman–Crippen MR) is 108 cm³/mol. The number of methoxy groups -OCH3 is 1. The number of nitrogens with zero attached hydrogens (tertiary/aromatic N) is 4. The summed E-state index contributed by atoms with van der Waals surface area (Å²) in [5, 5.41) is 4.48. The maximum Gasteiger partial charge on any atom is 0.240 e. The summed E-state index contributed by atoms with van der Waals surface area (Å²) in [6.45, 7) is 6.60. The molecule has 1 aromatic carbocycles. The number of carbonyl (C=O) groups is 1. The Bertz CT molecular complexity index is 804. The monoisotopic (exact) mass is 382 g/mol. The molecule has 0 N–H and O–H groups in total. The fourth-order valence-electron chi connectivity index (χ4n) is 4.44. The van der Waals surface area contributed by atoms with Crippen LogP contribution in [0.3, 0.4) is 0 Å². The molecule has 1 aromatic heterocycles. The van der Waals surface area contributed by atoms with Gasteiger partial charge in [0.2, 0.25) is 5.91 Å². The van der Waals surface area contributed by atoms with Gasteiger partial charge in [0, 0.05) is 50.6 Å². The van der Waals surface area contributed by atoms with Crippen LogP contribution in [0.1, 0.15) is 37.4 Å². The second-order valence-electron chi connectivity index (χ2n) is 8.30. The first-order valence-corrected chi connectivity index (χ1v) is 10.2. The Hall–Kier alpha value is -2.18. The van der Waals surface area contributed by atoms with Gasteiger partial charge in [-0.2, -0.15) is 5.10 Å². The van der Waals surface area contributed by atoms with Crippen molar-refractivity contribution in [2.75, 3.05) is 20.2 Å². The highest BCUT2D eigenvalue weighted by Crippen LogP contribution is 2.30. The summed E-state index contributed by atoms with van der Waals surface area (Å²) in [5.74, 6) is 0.232. The smallest absolute Gasteiger partial charge is 0.240 e. The van der Waals surface area contributed by atoms with Gasteiger partial charge in [0.25, 0.3) is 0 Å². The minimum absolute atomic E-state index is 0.142. The maximum absolute atomic E-state index is 13.4. The zero-order chi connectivity index (χ0) is 19.7. The SMILES string of the molecule is CO[C@H]1C[C@H]2CN(Cc3cnn(C(C)C)c3)[C@@H](Cc3ccccc3)C(=O)N2C1. The topological polar surface area (TPSA) is 50.6 Å². The van der Waals surface area contributed by atoms with Gasteiger partial charge in [-0.3, -0.25) is 14.4 Å². The number of benzene rings is 1. The quantitative estimate of drug-likeness (QED) is 0.770. The first kappa shape index (κ1) is 19.2. The zero-order valence-electron chi connectivity index (χ0n) is 17.0. The molecule has 0 unspecified atom stereocenters. The van der Waals surface area contributed by atoms with Crippen LogP contribution in [-0.4, -0.2) is 63.9 Å². The maximum atomic E-state index is 13.4. The first-order valence-electron chi connectivity index (χ1n) is 10.2. The molecule has 0 spiro atoms. The normalized spacial score (nSPS) is 25.5. The summed E-state index contributed by atoms with van der Waals surface area (Å²) < 4.78 is 7.54. The van der Waals surface area contributed by atoms with Crippen molar-refractivity contribution >= 4 is 5.91 Å². The van der Waals surface area contributed by atoms with Crippen LogP contribution in [0.2, 0.25) is 0 Å². The van der Waals surface area contributed by atoms with Gasteiger partial charge >= 0.3 is 0 Å². The molecule has 0 saturated carbocycles. The van der Waals surface area contributed by atoms with E-state index in [0.29, 0.717) is 12.6 Å². The van der Waals surface area contributed by atoms with Gasteiger partial charge in [-0.1, -0.05) is 30.3 Å². The Morgan fingerprint density at radius 1 is 1.18 bits per heavy atom. The van der Waals surface area contributed by atoms with E-state index in [-0.39, 0.29) is 24.1 Å². The largest absolute Gasteiger partial charge is 0.380 e. The van der Waals surface area contributed by atoms with Crippen molar-refractivity contribution < 1.29 is 9.53 Å². The molecule has 0 bridgehead atoms. The molecule has 4 rings (SSSR count). The lowest BCUT2D eigenvalue weighted by Gasteiger charge is -2.42. The predicted octanol–water partition coefficient (Wildman–Crippen LogP) is 2.51. The number of rotatable bonds is 6. The van der Waals surface area contributed by atoms with Gasteiger partial charge in [-0.05, 0) is 32.3 Å². The number of piperazine rings is 1. The van der Waals surface area contributed by atoms with Crippen molar-refractivity contribution in [3.8, 4) is 0 Å². The van der Waals surface area contributed by atoms with Crippen LogP contribution in [0.25, 0.3) is 0 Å². The third-order valence-corrected chi connectivity index (χ3v) is 6.01. The molecule has 2 aromatic rings. The average Bonchev–Trinajstić information content (AvgIpc) is 3.33. The molecule has 2 saturated heterocycles. The van der Waals surface area contributed by atoms with E-state index in [1.165, 1.54) is 5.56 Å². The minimum atomic E-state index is -0.142. The van der Waals surface area contributed by atoms with Crippen molar-refractivity contribution in [1.29, 1.82) is 0 Å². The van der Waals surface area contributed by atoms with Crippen LogP contribution >= 0.6 is 0 Å². The zero-order valence-corrected chi connectivity index (χ0v) is 17.0. The van der Waals surface area contributed by atoms with E-state index in [1.807, 2.05) is 29.1 Å². The molecule has 6 heteroatoms. The first-order chi connectivity index (χ1) is 13.5. The lowest BCUT2D eigenvalue weighted by Crippen LogP contribution is -2.59. The fourth-order valence-corrected chi connectivity index (χ4v) is 4.44. The lowest BCUT2D eigenvalue weighted by atomic mass is 9.98. The number of aromatic nitrogens is 2. The third-order valence-electron chi connectivity index (χ3n) is 6.01. The third kappa shape index (κ3) is 3.84. The van der Waals surface area contributed by atoms with Gasteiger partial charge in [0.1, 0.15) is 0 Å². The van der Waals surface area contributed by atoms with Gasteiger partial charge in [0.15, 0.2) is 0 Å². The summed E-state index contributed by atoms with van der Waals surface area (Å²) in [7, 11) is 1.74. The van der Waals surface area contributed by atoms with Gasteiger partial charge in [0.05, 0.1) is 18.3 Å². The average molecular weight is 383 g/mol. The van der Waals surface area contributed by atoms with Crippen molar-refractivity contribution in [2.45, 2.75) is 57.5 Å².